The molecule has 0 atom stereocenters. The van der Waals surface area contributed by atoms with Gasteiger partial charge in [-0.15, -0.1) is 0 Å². The van der Waals surface area contributed by atoms with Crippen LogP contribution in [0.3, 0.4) is 0 Å². The van der Waals surface area contributed by atoms with Crippen LogP contribution >= 0.6 is 0 Å². The van der Waals surface area contributed by atoms with Gasteiger partial charge in [-0.05, 0) is 30.3 Å². The van der Waals surface area contributed by atoms with Crippen molar-refractivity contribution < 1.29 is 14.5 Å². The van der Waals surface area contributed by atoms with E-state index in [9.17, 15) is 14.9 Å². The number of nitro groups is 1. The molecule has 25 heavy (non-hydrogen) atoms. The van der Waals surface area contributed by atoms with Crippen molar-refractivity contribution in [3.8, 4) is 0 Å². The van der Waals surface area contributed by atoms with Gasteiger partial charge in [-0.25, -0.2) is 4.79 Å². The van der Waals surface area contributed by atoms with Crippen LogP contribution in [0.1, 0.15) is 0 Å². The Kier molecular flexibility index (Phi) is 5.10. The van der Waals surface area contributed by atoms with Crippen LogP contribution in [0.2, 0.25) is 0 Å². The molecule has 8 heteroatoms. The van der Waals surface area contributed by atoms with Gasteiger partial charge in [0, 0.05) is 42.3 Å². The zero-order valence-electron chi connectivity index (χ0n) is 13.5. The summed E-state index contributed by atoms with van der Waals surface area (Å²) in [6.07, 6.45) is 0. The lowest BCUT2D eigenvalue weighted by Gasteiger charge is -2.28. The number of carbonyl (C=O) groups excluding carboxylic acids is 1. The number of nitrogens with one attached hydrogen (secondary N) is 2. The lowest BCUT2D eigenvalue weighted by molar-refractivity contribution is -0.384. The van der Waals surface area contributed by atoms with Gasteiger partial charge in [0.2, 0.25) is 0 Å². The summed E-state index contributed by atoms with van der Waals surface area (Å²) in [6.45, 7) is 3.12. The molecule has 130 valence electrons. The summed E-state index contributed by atoms with van der Waals surface area (Å²) >= 11 is 0. The molecule has 1 saturated heterocycles. The molecule has 2 aromatic rings. The first-order valence-corrected chi connectivity index (χ1v) is 7.87. The number of hydrogen-bond acceptors (Lipinski definition) is 5. The number of non-ortho nitro benzene ring substituents is 1. The number of carbonyl (C=O) groups is 1. The molecule has 0 saturated carbocycles. The first-order chi connectivity index (χ1) is 12.1. The van der Waals surface area contributed by atoms with Gasteiger partial charge >= 0.3 is 6.03 Å². The average molecular weight is 342 g/mol. The number of urea groups is 1. The molecule has 2 aromatic carbocycles. The second-order valence-corrected chi connectivity index (χ2v) is 5.53. The molecule has 2 N–H and O–H groups in total. The van der Waals surface area contributed by atoms with Gasteiger partial charge < -0.3 is 20.3 Å². The molecule has 1 fully saturated rings. The molecule has 0 unspecified atom stereocenters. The molecule has 1 heterocycles. The Hall–Kier alpha value is -3.13. The Labute approximate surface area is 144 Å². The molecule has 3 rings (SSSR count). The number of anilines is 3. The highest BCUT2D eigenvalue weighted by molar-refractivity contribution is 6.00. The Balaban J connectivity index is 1.59. The SMILES string of the molecule is O=C(Nc1ccc(N2CCOCC2)cc1)Nc1cccc([N+](=O)[O-])c1. The highest BCUT2D eigenvalue weighted by Crippen LogP contribution is 2.20. The van der Waals surface area contributed by atoms with Crippen molar-refractivity contribution in [2.45, 2.75) is 0 Å². The molecule has 0 aromatic heterocycles. The van der Waals surface area contributed by atoms with Crippen LogP contribution in [0, 0.1) is 10.1 Å². The Bertz CT molecular complexity index is 757. The maximum absolute atomic E-state index is 12.0. The monoisotopic (exact) mass is 342 g/mol. The summed E-state index contributed by atoms with van der Waals surface area (Å²) in [5, 5.41) is 16.0. The lowest BCUT2D eigenvalue weighted by Crippen LogP contribution is -2.36. The fourth-order valence-electron chi connectivity index (χ4n) is 2.57. The van der Waals surface area contributed by atoms with Gasteiger partial charge in [-0.3, -0.25) is 10.1 Å². The number of hydrogen-bond donors (Lipinski definition) is 2. The summed E-state index contributed by atoms with van der Waals surface area (Å²) in [5.41, 5.74) is 2.00. The van der Waals surface area contributed by atoms with Crippen LogP contribution in [-0.4, -0.2) is 37.3 Å². The average Bonchev–Trinajstić information content (AvgIpc) is 2.63. The highest BCUT2D eigenvalue weighted by Gasteiger charge is 2.11. The second-order valence-electron chi connectivity index (χ2n) is 5.53. The van der Waals surface area contributed by atoms with Crippen molar-refractivity contribution in [1.29, 1.82) is 0 Å². The van der Waals surface area contributed by atoms with Crippen molar-refractivity contribution in [1.82, 2.24) is 0 Å². The molecule has 8 nitrogen and oxygen atoms in total. The lowest BCUT2D eigenvalue weighted by atomic mass is 10.2. The van der Waals surface area contributed by atoms with E-state index >= 15 is 0 Å². The van der Waals surface area contributed by atoms with E-state index < -0.39 is 11.0 Å². The van der Waals surface area contributed by atoms with Crippen molar-refractivity contribution in [2.75, 3.05) is 41.8 Å². The van der Waals surface area contributed by atoms with Crippen LogP contribution in [0.5, 0.6) is 0 Å². The molecule has 1 aliphatic rings. The predicted molar refractivity (Wildman–Crippen MR) is 95.2 cm³/mol. The third kappa shape index (κ3) is 4.45. The van der Waals surface area contributed by atoms with E-state index in [4.69, 9.17) is 4.74 Å². The van der Waals surface area contributed by atoms with E-state index in [0.717, 1.165) is 18.8 Å². The Morgan fingerprint density at radius 1 is 1.04 bits per heavy atom. The number of nitrogens with zero attached hydrogens (tertiary/aromatic N) is 2. The van der Waals surface area contributed by atoms with Gasteiger partial charge in [-0.1, -0.05) is 6.07 Å². The second kappa shape index (κ2) is 7.63. The summed E-state index contributed by atoms with van der Waals surface area (Å²) in [6, 6.07) is 12.8. The minimum atomic E-state index is -0.507. The Morgan fingerprint density at radius 2 is 1.72 bits per heavy atom. The van der Waals surface area contributed by atoms with E-state index in [0.29, 0.717) is 24.6 Å². The van der Waals surface area contributed by atoms with Crippen LogP contribution in [-0.2, 0) is 4.74 Å². The molecular weight excluding hydrogens is 324 g/mol. The summed E-state index contributed by atoms with van der Waals surface area (Å²) in [4.78, 5) is 24.5. The molecule has 0 aliphatic carbocycles. The molecule has 0 bridgehead atoms. The first kappa shape index (κ1) is 16.7. The normalized spacial score (nSPS) is 14.0. The van der Waals surface area contributed by atoms with Gasteiger partial charge in [0.1, 0.15) is 0 Å². The number of morpholine rings is 1. The Morgan fingerprint density at radius 3 is 2.40 bits per heavy atom. The maximum atomic E-state index is 12.0. The summed E-state index contributed by atoms with van der Waals surface area (Å²) < 4.78 is 5.33. The number of ether oxygens (including phenoxy) is 1. The molecule has 0 spiro atoms. The van der Waals surface area contributed by atoms with E-state index in [2.05, 4.69) is 15.5 Å². The van der Waals surface area contributed by atoms with Gasteiger partial charge in [-0.2, -0.15) is 0 Å². The van der Waals surface area contributed by atoms with Crippen LogP contribution in [0.4, 0.5) is 27.5 Å². The standard InChI is InChI=1S/C17H18N4O4/c22-17(19-14-2-1-3-16(12-14)21(23)24)18-13-4-6-15(7-5-13)20-8-10-25-11-9-20/h1-7,12H,8-11H2,(H2,18,19,22). The topological polar surface area (TPSA) is 96.7 Å². The molecule has 0 radical (unpaired) electrons. The van der Waals surface area contributed by atoms with Crippen LogP contribution in [0.15, 0.2) is 48.5 Å². The zero-order chi connectivity index (χ0) is 17.6. The number of benzene rings is 2. The largest absolute Gasteiger partial charge is 0.378 e. The maximum Gasteiger partial charge on any atom is 0.323 e. The fourth-order valence-corrected chi connectivity index (χ4v) is 2.57. The summed E-state index contributed by atoms with van der Waals surface area (Å²) in [5.74, 6) is 0. The number of amides is 2. The smallest absolute Gasteiger partial charge is 0.323 e. The molecule has 1 aliphatic heterocycles. The quantitative estimate of drug-likeness (QED) is 0.657. The molecule has 2 amide bonds. The molecular formula is C17H18N4O4. The first-order valence-electron chi connectivity index (χ1n) is 7.87. The third-order valence-electron chi connectivity index (χ3n) is 3.82. The van der Waals surface area contributed by atoms with Gasteiger partial charge in [0.05, 0.1) is 18.1 Å². The van der Waals surface area contributed by atoms with Crippen molar-refractivity contribution in [2.24, 2.45) is 0 Å². The van der Waals surface area contributed by atoms with Crippen molar-refractivity contribution in [3.63, 3.8) is 0 Å². The zero-order valence-corrected chi connectivity index (χ0v) is 13.5. The van der Waals surface area contributed by atoms with Gasteiger partial charge in [0.25, 0.3) is 5.69 Å². The minimum absolute atomic E-state index is 0.0762. The highest BCUT2D eigenvalue weighted by atomic mass is 16.6. The van der Waals surface area contributed by atoms with Gasteiger partial charge in [0.15, 0.2) is 0 Å². The van der Waals surface area contributed by atoms with Crippen molar-refractivity contribution >= 4 is 28.8 Å². The number of nitro benzene ring substituents is 1. The fraction of sp³-hybridized carbons (Fsp3) is 0.235. The number of rotatable bonds is 4. The predicted octanol–water partition coefficient (Wildman–Crippen LogP) is 3.08. The van der Waals surface area contributed by atoms with E-state index in [-0.39, 0.29) is 5.69 Å². The van der Waals surface area contributed by atoms with E-state index in [1.807, 2.05) is 24.3 Å². The third-order valence-corrected chi connectivity index (χ3v) is 3.82. The van der Waals surface area contributed by atoms with E-state index in [1.165, 1.54) is 18.2 Å². The minimum Gasteiger partial charge on any atom is -0.378 e. The van der Waals surface area contributed by atoms with Crippen LogP contribution in [0.25, 0.3) is 0 Å². The van der Waals surface area contributed by atoms with Crippen molar-refractivity contribution in [3.05, 3.63) is 58.6 Å². The summed E-state index contributed by atoms with van der Waals surface area (Å²) in [7, 11) is 0. The van der Waals surface area contributed by atoms with E-state index in [1.54, 1.807) is 6.07 Å². The van der Waals surface area contributed by atoms with Crippen LogP contribution < -0.4 is 15.5 Å².